The lowest BCUT2D eigenvalue weighted by Gasteiger charge is -2.27. The van der Waals surface area contributed by atoms with Gasteiger partial charge in [0, 0.05) is 12.0 Å². The maximum Gasteiger partial charge on any atom is 0.342 e. The first kappa shape index (κ1) is 24.5. The number of cyclic esters (lactones) is 1. The molecular formula is C27H24N2O7S. The Morgan fingerprint density at radius 3 is 2.22 bits per heavy atom. The van der Waals surface area contributed by atoms with E-state index in [1.165, 1.54) is 28.4 Å². The number of hydrogen-bond donors (Lipinski definition) is 1. The second-order valence-corrected chi connectivity index (χ2v) is 8.79. The third-order valence-corrected chi connectivity index (χ3v) is 6.83. The highest BCUT2D eigenvalue weighted by atomic mass is 32.1. The van der Waals surface area contributed by atoms with Gasteiger partial charge in [-0.1, -0.05) is 18.2 Å². The van der Waals surface area contributed by atoms with Gasteiger partial charge in [0.2, 0.25) is 5.75 Å². The van der Waals surface area contributed by atoms with E-state index in [9.17, 15) is 9.90 Å². The van der Waals surface area contributed by atoms with Crippen molar-refractivity contribution in [2.45, 2.75) is 12.2 Å². The van der Waals surface area contributed by atoms with Crippen molar-refractivity contribution in [3.05, 3.63) is 76.9 Å². The molecule has 1 aliphatic rings. The Balaban J connectivity index is 1.74. The summed E-state index contributed by atoms with van der Waals surface area (Å²) < 4.78 is 36.2. The van der Waals surface area contributed by atoms with Crippen LogP contribution in [0, 0.1) is 0 Å². The van der Waals surface area contributed by atoms with E-state index in [4.69, 9.17) is 23.7 Å². The molecule has 0 bridgehead atoms. The van der Waals surface area contributed by atoms with E-state index < -0.39 is 11.8 Å². The molecule has 1 aromatic heterocycles. The molecule has 4 aromatic rings. The molecule has 0 saturated carbocycles. The van der Waals surface area contributed by atoms with Crippen molar-refractivity contribution >= 4 is 34.3 Å². The number of carbonyl (C=O) groups excluding carboxylic acids is 1. The maximum absolute atomic E-state index is 13.4. The van der Waals surface area contributed by atoms with Gasteiger partial charge in [-0.15, -0.1) is 0 Å². The number of benzene rings is 3. The third kappa shape index (κ3) is 4.13. The number of nitrogens with zero attached hydrogens (tertiary/aromatic N) is 2. The van der Waals surface area contributed by atoms with Gasteiger partial charge in [-0.3, -0.25) is 0 Å². The van der Waals surface area contributed by atoms with Gasteiger partial charge in [0.25, 0.3) is 5.79 Å². The van der Waals surface area contributed by atoms with Crippen LogP contribution in [0.25, 0.3) is 16.6 Å². The Kier molecular flexibility index (Phi) is 6.45. The van der Waals surface area contributed by atoms with Crippen molar-refractivity contribution in [3.63, 3.8) is 0 Å². The van der Waals surface area contributed by atoms with Crippen molar-refractivity contribution < 1.29 is 33.6 Å². The summed E-state index contributed by atoms with van der Waals surface area (Å²) in [7, 11) is 6.06. The largest absolute Gasteiger partial charge is 0.496 e. The van der Waals surface area contributed by atoms with E-state index >= 15 is 0 Å². The molecule has 1 atom stereocenters. The summed E-state index contributed by atoms with van der Waals surface area (Å²) >= 11 is 1.08. The zero-order valence-electron chi connectivity index (χ0n) is 20.6. The molecule has 2 heterocycles. The second kappa shape index (κ2) is 9.72. The molecule has 0 fully saturated rings. The van der Waals surface area contributed by atoms with Crippen LogP contribution in [-0.2, 0) is 21.7 Å². The van der Waals surface area contributed by atoms with Crippen molar-refractivity contribution in [1.29, 1.82) is 0 Å². The fraction of sp³-hybridized carbons (Fsp3) is 0.222. The number of hydrogen-bond acceptors (Lipinski definition) is 10. The lowest BCUT2D eigenvalue weighted by molar-refractivity contribution is -0.185. The van der Waals surface area contributed by atoms with Crippen LogP contribution >= 0.6 is 11.7 Å². The SMILES string of the molecule is COc1ccccc1C1(O)OC(=O)C(c2ccc3nsnc3c2)=C1Cc1cc(OC)c(OC)c(OC)c1. The number of aliphatic hydroxyl groups is 1. The molecule has 0 amide bonds. The molecule has 9 nitrogen and oxygen atoms in total. The highest BCUT2D eigenvalue weighted by molar-refractivity contribution is 7.00. The molecule has 1 N–H and O–H groups in total. The first-order valence-corrected chi connectivity index (χ1v) is 12.0. The van der Waals surface area contributed by atoms with Crippen molar-refractivity contribution in [3.8, 4) is 23.0 Å². The summed E-state index contributed by atoms with van der Waals surface area (Å²) in [6.07, 6.45) is 0.125. The van der Waals surface area contributed by atoms with E-state index in [0.29, 0.717) is 56.3 Å². The standard InChI is InChI=1S/C27H24N2O7S/c1-32-21-8-6-5-7-17(21)27(31)18(11-15-12-22(33-2)25(35-4)23(13-15)34-3)24(26(30)36-27)16-9-10-19-20(14-16)29-37-28-19/h5-10,12-14,31H,11H2,1-4H3. The molecular weight excluding hydrogens is 496 g/mol. The van der Waals surface area contributed by atoms with E-state index in [1.54, 1.807) is 54.6 Å². The van der Waals surface area contributed by atoms with Crippen LogP contribution in [-0.4, -0.2) is 48.3 Å². The summed E-state index contributed by atoms with van der Waals surface area (Å²) in [5.74, 6) is -1.06. The summed E-state index contributed by atoms with van der Waals surface area (Å²) in [5, 5.41) is 12.0. The Bertz CT molecular complexity index is 1510. The lowest BCUT2D eigenvalue weighted by atomic mass is 9.87. The van der Waals surface area contributed by atoms with Gasteiger partial charge in [-0.2, -0.15) is 8.75 Å². The maximum atomic E-state index is 13.4. The molecule has 3 aromatic carbocycles. The number of para-hydroxylation sites is 1. The highest BCUT2D eigenvalue weighted by Crippen LogP contribution is 2.48. The number of fused-ring (bicyclic) bond motifs is 1. The van der Waals surface area contributed by atoms with Crippen LogP contribution in [0.15, 0.2) is 60.2 Å². The van der Waals surface area contributed by atoms with Crippen molar-refractivity contribution in [1.82, 2.24) is 8.75 Å². The Morgan fingerprint density at radius 1 is 0.865 bits per heavy atom. The van der Waals surface area contributed by atoms with Crippen LogP contribution in [0.1, 0.15) is 16.7 Å². The minimum Gasteiger partial charge on any atom is -0.496 e. The number of rotatable bonds is 8. The smallest absolute Gasteiger partial charge is 0.342 e. The van der Waals surface area contributed by atoms with Crippen molar-refractivity contribution in [2.75, 3.05) is 28.4 Å². The van der Waals surface area contributed by atoms with Crippen LogP contribution in [0.5, 0.6) is 23.0 Å². The molecule has 10 heteroatoms. The molecule has 190 valence electrons. The van der Waals surface area contributed by atoms with Crippen LogP contribution in [0.3, 0.4) is 0 Å². The second-order valence-electron chi connectivity index (χ2n) is 8.27. The van der Waals surface area contributed by atoms with Gasteiger partial charge in [-0.25, -0.2) is 4.79 Å². The molecule has 5 rings (SSSR count). The topological polar surface area (TPSA) is 109 Å². The summed E-state index contributed by atoms with van der Waals surface area (Å²) in [6, 6.07) is 15.7. The van der Waals surface area contributed by atoms with E-state index in [2.05, 4.69) is 8.75 Å². The predicted octanol–water partition coefficient (Wildman–Crippen LogP) is 4.12. The normalized spacial score (nSPS) is 17.2. The fourth-order valence-corrected chi connectivity index (χ4v) is 5.08. The van der Waals surface area contributed by atoms with Crippen LogP contribution < -0.4 is 18.9 Å². The molecule has 0 spiro atoms. The number of ether oxygens (including phenoxy) is 5. The fourth-order valence-electron chi connectivity index (χ4n) is 4.56. The molecule has 1 unspecified atom stereocenters. The number of esters is 1. The van der Waals surface area contributed by atoms with Crippen molar-refractivity contribution in [2.24, 2.45) is 0 Å². The average molecular weight is 521 g/mol. The summed E-state index contributed by atoms with van der Waals surface area (Å²) in [4.78, 5) is 13.4. The van der Waals surface area contributed by atoms with E-state index in [-0.39, 0.29) is 12.0 Å². The van der Waals surface area contributed by atoms with Crippen LogP contribution in [0.2, 0.25) is 0 Å². The minimum atomic E-state index is -2.09. The van der Waals surface area contributed by atoms with E-state index in [0.717, 1.165) is 11.7 Å². The lowest BCUT2D eigenvalue weighted by Crippen LogP contribution is -2.30. The molecule has 0 saturated heterocycles. The average Bonchev–Trinajstić information content (AvgIpc) is 3.49. The van der Waals surface area contributed by atoms with Gasteiger partial charge < -0.3 is 28.8 Å². The molecule has 0 radical (unpaired) electrons. The molecule has 37 heavy (non-hydrogen) atoms. The van der Waals surface area contributed by atoms with Crippen LogP contribution in [0.4, 0.5) is 0 Å². The minimum absolute atomic E-state index is 0.125. The van der Waals surface area contributed by atoms with Gasteiger partial charge in [0.1, 0.15) is 16.8 Å². The number of methoxy groups -OCH3 is 4. The third-order valence-electron chi connectivity index (χ3n) is 6.28. The Labute approximate surface area is 217 Å². The van der Waals surface area contributed by atoms with E-state index in [1.807, 2.05) is 0 Å². The van der Waals surface area contributed by atoms with Gasteiger partial charge in [-0.05, 0) is 47.5 Å². The number of aromatic nitrogens is 2. The summed E-state index contributed by atoms with van der Waals surface area (Å²) in [6.45, 7) is 0. The molecule has 0 aliphatic carbocycles. The van der Waals surface area contributed by atoms with Gasteiger partial charge in [0.05, 0.1) is 51.3 Å². The zero-order valence-corrected chi connectivity index (χ0v) is 21.4. The highest BCUT2D eigenvalue weighted by Gasteiger charge is 2.49. The first-order valence-electron chi connectivity index (χ1n) is 11.3. The molecule has 1 aliphatic heterocycles. The van der Waals surface area contributed by atoms with Gasteiger partial charge >= 0.3 is 5.97 Å². The summed E-state index contributed by atoms with van der Waals surface area (Å²) in [5.41, 5.74) is 3.48. The monoisotopic (exact) mass is 520 g/mol. The zero-order chi connectivity index (χ0) is 26.2. The Morgan fingerprint density at radius 2 is 1.54 bits per heavy atom. The first-order chi connectivity index (χ1) is 17.9. The van der Waals surface area contributed by atoms with Gasteiger partial charge in [0.15, 0.2) is 11.5 Å². The number of carbonyl (C=O) groups is 1. The Hall–Kier alpha value is -4.15. The quantitative estimate of drug-likeness (QED) is 0.343. The predicted molar refractivity (Wildman–Crippen MR) is 137 cm³/mol.